The van der Waals surface area contributed by atoms with Crippen LogP contribution in [-0.2, 0) is 9.59 Å². The summed E-state index contributed by atoms with van der Waals surface area (Å²) in [6.45, 7) is 0. The van der Waals surface area contributed by atoms with E-state index in [2.05, 4.69) is 10.6 Å². The van der Waals surface area contributed by atoms with Gasteiger partial charge in [-0.05, 0) is 25.1 Å². The minimum absolute atomic E-state index is 0.0816. The van der Waals surface area contributed by atoms with Crippen LogP contribution < -0.4 is 10.6 Å². The third kappa shape index (κ3) is 2.98. The molecule has 0 bridgehead atoms. The Hall–Kier alpha value is -1.17. The molecule has 72 valence electrons. The van der Waals surface area contributed by atoms with Gasteiger partial charge in [-0.25, -0.2) is 0 Å². The zero-order valence-corrected chi connectivity index (χ0v) is 7.69. The number of nitrogens with one attached hydrogen (secondary N) is 2. The van der Waals surface area contributed by atoms with Crippen molar-refractivity contribution < 1.29 is 14.7 Å². The molecule has 5 nitrogen and oxygen atoms in total. The van der Waals surface area contributed by atoms with Crippen molar-refractivity contribution in [2.45, 2.75) is 25.3 Å². The average molecular weight is 202 g/mol. The van der Waals surface area contributed by atoms with Gasteiger partial charge >= 0.3 is 5.97 Å². The monoisotopic (exact) mass is 202 g/mol. The first-order chi connectivity index (χ1) is 6.09. The van der Waals surface area contributed by atoms with E-state index in [9.17, 15) is 9.59 Å². The maximum atomic E-state index is 11.1. The van der Waals surface area contributed by atoms with E-state index in [0.717, 1.165) is 0 Å². The van der Waals surface area contributed by atoms with E-state index >= 15 is 0 Å². The standard InChI is InChI=1S/C7H10N2O3S/c10-5(11)3-1-2-4-6(12)9-7(13)8-4/h4H,1-3H2,(H,10,11)(H2,8,9,12,13). The van der Waals surface area contributed by atoms with Crippen LogP contribution in [0.25, 0.3) is 0 Å². The van der Waals surface area contributed by atoms with Crippen molar-refractivity contribution >= 4 is 29.2 Å². The van der Waals surface area contributed by atoms with Crippen molar-refractivity contribution in [3.63, 3.8) is 0 Å². The second-order valence-electron chi connectivity index (χ2n) is 2.80. The highest BCUT2D eigenvalue weighted by Gasteiger charge is 2.26. The van der Waals surface area contributed by atoms with E-state index in [0.29, 0.717) is 18.0 Å². The topological polar surface area (TPSA) is 78.4 Å². The fourth-order valence-corrected chi connectivity index (χ4v) is 1.36. The van der Waals surface area contributed by atoms with Gasteiger partial charge in [-0.1, -0.05) is 0 Å². The lowest BCUT2D eigenvalue weighted by Gasteiger charge is -2.04. The molecule has 1 rings (SSSR count). The van der Waals surface area contributed by atoms with Gasteiger partial charge in [0.05, 0.1) is 0 Å². The number of carboxylic acids is 1. The van der Waals surface area contributed by atoms with Crippen molar-refractivity contribution in [2.24, 2.45) is 0 Å². The molecule has 0 spiro atoms. The van der Waals surface area contributed by atoms with Crippen LogP contribution in [0.5, 0.6) is 0 Å². The molecule has 0 radical (unpaired) electrons. The maximum absolute atomic E-state index is 11.1. The van der Waals surface area contributed by atoms with Gasteiger partial charge < -0.3 is 15.7 Å². The molecule has 0 aliphatic carbocycles. The van der Waals surface area contributed by atoms with Crippen LogP contribution in [0.2, 0.25) is 0 Å². The minimum Gasteiger partial charge on any atom is -0.481 e. The molecule has 3 N–H and O–H groups in total. The number of carboxylic acid groups (broad SMARTS) is 1. The molecule has 0 saturated carbocycles. The summed E-state index contributed by atoms with van der Waals surface area (Å²) < 4.78 is 0. The maximum Gasteiger partial charge on any atom is 0.303 e. The molecule has 0 aromatic carbocycles. The quantitative estimate of drug-likeness (QED) is 0.541. The predicted molar refractivity (Wildman–Crippen MR) is 49.2 cm³/mol. The largest absolute Gasteiger partial charge is 0.481 e. The van der Waals surface area contributed by atoms with Gasteiger partial charge in [0.1, 0.15) is 6.04 Å². The van der Waals surface area contributed by atoms with Crippen molar-refractivity contribution in [3.8, 4) is 0 Å². The second-order valence-corrected chi connectivity index (χ2v) is 3.21. The van der Waals surface area contributed by atoms with E-state index < -0.39 is 5.97 Å². The lowest BCUT2D eigenvalue weighted by atomic mass is 10.1. The first-order valence-corrected chi connectivity index (χ1v) is 4.33. The highest BCUT2D eigenvalue weighted by atomic mass is 32.1. The molecular formula is C7H10N2O3S. The highest BCUT2D eigenvalue weighted by molar-refractivity contribution is 7.80. The number of carbonyl (C=O) groups excluding carboxylic acids is 1. The fraction of sp³-hybridized carbons (Fsp3) is 0.571. The number of rotatable bonds is 4. The van der Waals surface area contributed by atoms with Crippen molar-refractivity contribution in [2.75, 3.05) is 0 Å². The Balaban J connectivity index is 2.26. The molecule has 6 heteroatoms. The Labute approximate surface area is 80.5 Å². The van der Waals surface area contributed by atoms with E-state index in [4.69, 9.17) is 17.3 Å². The van der Waals surface area contributed by atoms with Gasteiger partial charge in [-0.15, -0.1) is 0 Å². The van der Waals surface area contributed by atoms with Gasteiger partial charge in [-0.2, -0.15) is 0 Å². The molecule has 1 heterocycles. The Bertz CT molecular complexity index is 254. The molecule has 1 aliphatic rings. The second kappa shape index (κ2) is 4.18. The normalized spacial score (nSPS) is 21.1. The number of hydrogen-bond acceptors (Lipinski definition) is 3. The highest BCUT2D eigenvalue weighted by Crippen LogP contribution is 2.04. The summed E-state index contributed by atoms with van der Waals surface area (Å²) in [6.07, 6.45) is 1.06. The van der Waals surface area contributed by atoms with Crippen LogP contribution >= 0.6 is 12.2 Å². The summed E-state index contributed by atoms with van der Waals surface area (Å²) in [7, 11) is 0. The fourth-order valence-electron chi connectivity index (χ4n) is 1.12. The average Bonchev–Trinajstić information content (AvgIpc) is 2.29. The first-order valence-electron chi connectivity index (χ1n) is 3.93. The molecule has 1 saturated heterocycles. The molecule has 1 atom stereocenters. The number of thiocarbonyl (C=S) groups is 1. The third-order valence-electron chi connectivity index (χ3n) is 1.74. The van der Waals surface area contributed by atoms with Gasteiger partial charge in [0.2, 0.25) is 5.91 Å². The van der Waals surface area contributed by atoms with Crippen molar-refractivity contribution in [3.05, 3.63) is 0 Å². The Morgan fingerprint density at radius 3 is 2.77 bits per heavy atom. The summed E-state index contributed by atoms with van der Waals surface area (Å²) >= 11 is 4.72. The number of amides is 1. The molecule has 0 aromatic rings. The van der Waals surface area contributed by atoms with Gasteiger partial charge in [0.25, 0.3) is 0 Å². The predicted octanol–water partition coefficient (Wildman–Crippen LogP) is -0.386. The molecule has 1 unspecified atom stereocenters. The Kier molecular flexibility index (Phi) is 3.18. The number of hydrogen-bond donors (Lipinski definition) is 3. The lowest BCUT2D eigenvalue weighted by Crippen LogP contribution is -2.28. The van der Waals surface area contributed by atoms with Crippen LogP contribution in [0.1, 0.15) is 19.3 Å². The lowest BCUT2D eigenvalue weighted by molar-refractivity contribution is -0.137. The summed E-state index contributed by atoms with van der Waals surface area (Å²) in [6, 6.07) is -0.355. The first kappa shape index (κ1) is 9.91. The molecule has 1 aliphatic heterocycles. The number of aliphatic carboxylic acids is 1. The van der Waals surface area contributed by atoms with E-state index in [1.54, 1.807) is 0 Å². The summed E-state index contributed by atoms with van der Waals surface area (Å²) in [5.41, 5.74) is 0. The summed E-state index contributed by atoms with van der Waals surface area (Å²) in [5, 5.41) is 13.9. The van der Waals surface area contributed by atoms with E-state index in [1.807, 2.05) is 0 Å². The third-order valence-corrected chi connectivity index (χ3v) is 1.96. The Morgan fingerprint density at radius 2 is 2.31 bits per heavy atom. The molecular weight excluding hydrogens is 192 g/mol. The zero-order chi connectivity index (χ0) is 9.84. The molecule has 1 amide bonds. The SMILES string of the molecule is O=C(O)CCCC1NC(=S)NC1=O. The molecule has 0 aromatic heterocycles. The van der Waals surface area contributed by atoms with Crippen molar-refractivity contribution in [1.29, 1.82) is 0 Å². The van der Waals surface area contributed by atoms with Crippen molar-refractivity contribution in [1.82, 2.24) is 10.6 Å². The minimum atomic E-state index is -0.846. The van der Waals surface area contributed by atoms with Crippen LogP contribution in [0.4, 0.5) is 0 Å². The molecule has 1 fully saturated rings. The van der Waals surface area contributed by atoms with Crippen LogP contribution in [0, 0.1) is 0 Å². The van der Waals surface area contributed by atoms with Gasteiger partial charge in [0.15, 0.2) is 5.11 Å². The smallest absolute Gasteiger partial charge is 0.303 e. The summed E-state index contributed by atoms with van der Waals surface area (Å²) in [5.74, 6) is -1.02. The Morgan fingerprint density at radius 1 is 1.62 bits per heavy atom. The van der Waals surface area contributed by atoms with E-state index in [-0.39, 0.29) is 18.4 Å². The zero-order valence-electron chi connectivity index (χ0n) is 6.87. The van der Waals surface area contributed by atoms with Gasteiger partial charge in [0, 0.05) is 6.42 Å². The van der Waals surface area contributed by atoms with Crippen LogP contribution in [-0.4, -0.2) is 28.1 Å². The number of carbonyl (C=O) groups is 2. The van der Waals surface area contributed by atoms with Crippen LogP contribution in [0.15, 0.2) is 0 Å². The molecule has 13 heavy (non-hydrogen) atoms. The van der Waals surface area contributed by atoms with E-state index in [1.165, 1.54) is 0 Å². The van der Waals surface area contributed by atoms with Gasteiger partial charge in [-0.3, -0.25) is 9.59 Å². The van der Waals surface area contributed by atoms with Crippen LogP contribution in [0.3, 0.4) is 0 Å². The summed E-state index contributed by atoms with van der Waals surface area (Å²) in [4.78, 5) is 21.2.